The average Bonchev–Trinajstić information content (AvgIpc) is 2.61. The van der Waals surface area contributed by atoms with Crippen molar-refractivity contribution in [3.8, 4) is 5.75 Å². The van der Waals surface area contributed by atoms with Crippen LogP contribution in [0.1, 0.15) is 17.0 Å². The first kappa shape index (κ1) is 16.0. The zero-order valence-corrected chi connectivity index (χ0v) is 13.3. The van der Waals surface area contributed by atoms with Crippen molar-refractivity contribution in [3.05, 3.63) is 65.5 Å². The SMILES string of the molecule is COc1ccc(F)cc1CC(c1ccccc1)C1CNCCO1. The van der Waals surface area contributed by atoms with Gasteiger partial charge in [-0.3, -0.25) is 0 Å². The van der Waals surface area contributed by atoms with Gasteiger partial charge in [0.05, 0.1) is 19.8 Å². The topological polar surface area (TPSA) is 30.5 Å². The lowest BCUT2D eigenvalue weighted by Crippen LogP contribution is -2.42. The summed E-state index contributed by atoms with van der Waals surface area (Å²) in [5.74, 6) is 0.631. The predicted molar refractivity (Wildman–Crippen MR) is 88.4 cm³/mol. The van der Waals surface area contributed by atoms with Crippen molar-refractivity contribution in [2.45, 2.75) is 18.4 Å². The summed E-state index contributed by atoms with van der Waals surface area (Å²) in [5, 5.41) is 3.38. The number of ether oxygens (including phenoxy) is 2. The largest absolute Gasteiger partial charge is 0.496 e. The van der Waals surface area contributed by atoms with E-state index >= 15 is 0 Å². The standard InChI is InChI=1S/C19H22FNO2/c1-22-18-8-7-16(20)11-15(18)12-17(14-5-3-2-4-6-14)19-13-21-9-10-23-19/h2-8,11,17,19,21H,9-10,12-13H2,1H3. The first-order valence-corrected chi connectivity index (χ1v) is 7.97. The predicted octanol–water partition coefficient (Wildman–Crippen LogP) is 3.15. The van der Waals surface area contributed by atoms with Gasteiger partial charge in [-0.2, -0.15) is 0 Å². The lowest BCUT2D eigenvalue weighted by molar-refractivity contribution is 0.0109. The Morgan fingerprint density at radius 1 is 1.26 bits per heavy atom. The van der Waals surface area contributed by atoms with E-state index < -0.39 is 0 Å². The minimum atomic E-state index is -0.240. The molecule has 0 radical (unpaired) electrons. The fourth-order valence-corrected chi connectivity index (χ4v) is 3.15. The van der Waals surface area contributed by atoms with Gasteiger partial charge >= 0.3 is 0 Å². The Bertz CT molecular complexity index is 627. The Morgan fingerprint density at radius 3 is 2.78 bits per heavy atom. The van der Waals surface area contributed by atoms with E-state index in [2.05, 4.69) is 17.4 Å². The summed E-state index contributed by atoms with van der Waals surface area (Å²) in [7, 11) is 1.62. The third kappa shape index (κ3) is 3.89. The highest BCUT2D eigenvalue weighted by molar-refractivity contribution is 5.36. The average molecular weight is 315 g/mol. The maximum absolute atomic E-state index is 13.7. The quantitative estimate of drug-likeness (QED) is 0.919. The molecule has 1 N–H and O–H groups in total. The summed E-state index contributed by atoms with van der Waals surface area (Å²) in [5.41, 5.74) is 2.07. The number of methoxy groups -OCH3 is 1. The van der Waals surface area contributed by atoms with Crippen LogP contribution in [0.4, 0.5) is 4.39 Å². The van der Waals surface area contributed by atoms with Crippen LogP contribution in [-0.2, 0) is 11.2 Å². The molecule has 0 spiro atoms. The summed E-state index contributed by atoms with van der Waals surface area (Å²) in [4.78, 5) is 0. The molecule has 1 aliphatic heterocycles. The van der Waals surface area contributed by atoms with Crippen LogP contribution < -0.4 is 10.1 Å². The number of hydrogen-bond acceptors (Lipinski definition) is 3. The van der Waals surface area contributed by atoms with Crippen LogP contribution in [0.5, 0.6) is 5.75 Å². The van der Waals surface area contributed by atoms with Crippen molar-refractivity contribution in [1.29, 1.82) is 0 Å². The molecule has 1 heterocycles. The molecule has 0 amide bonds. The zero-order valence-electron chi connectivity index (χ0n) is 13.3. The van der Waals surface area contributed by atoms with Gasteiger partial charge in [-0.1, -0.05) is 30.3 Å². The number of benzene rings is 2. The Hall–Kier alpha value is -1.91. The number of morpholine rings is 1. The van der Waals surface area contributed by atoms with E-state index in [9.17, 15) is 4.39 Å². The first-order chi connectivity index (χ1) is 11.3. The second kappa shape index (κ2) is 7.57. The molecule has 2 aromatic rings. The number of hydrogen-bond donors (Lipinski definition) is 1. The van der Waals surface area contributed by atoms with Crippen molar-refractivity contribution >= 4 is 0 Å². The molecular weight excluding hydrogens is 293 g/mol. The Morgan fingerprint density at radius 2 is 2.09 bits per heavy atom. The van der Waals surface area contributed by atoms with Gasteiger partial charge in [0.25, 0.3) is 0 Å². The molecule has 0 aromatic heterocycles. The van der Waals surface area contributed by atoms with E-state index in [1.165, 1.54) is 11.6 Å². The van der Waals surface area contributed by atoms with E-state index in [1.807, 2.05) is 18.2 Å². The van der Waals surface area contributed by atoms with Crippen molar-refractivity contribution in [3.63, 3.8) is 0 Å². The molecule has 23 heavy (non-hydrogen) atoms. The molecule has 3 nitrogen and oxygen atoms in total. The second-order valence-corrected chi connectivity index (χ2v) is 5.79. The third-order valence-corrected chi connectivity index (χ3v) is 4.32. The van der Waals surface area contributed by atoms with E-state index in [1.54, 1.807) is 19.2 Å². The van der Waals surface area contributed by atoms with Crippen molar-refractivity contribution in [2.75, 3.05) is 26.8 Å². The fraction of sp³-hybridized carbons (Fsp3) is 0.368. The normalized spacial score (nSPS) is 19.3. The highest BCUT2D eigenvalue weighted by Crippen LogP contribution is 2.31. The summed E-state index contributed by atoms with van der Waals surface area (Å²) >= 11 is 0. The van der Waals surface area contributed by atoms with Crippen LogP contribution in [0.2, 0.25) is 0 Å². The number of nitrogens with one attached hydrogen (secondary N) is 1. The Balaban J connectivity index is 1.91. The van der Waals surface area contributed by atoms with Gasteiger partial charge in [0.2, 0.25) is 0 Å². The van der Waals surface area contributed by atoms with Crippen molar-refractivity contribution in [2.24, 2.45) is 0 Å². The number of rotatable bonds is 5. The summed E-state index contributed by atoms with van der Waals surface area (Å²) in [6.45, 7) is 2.38. The lowest BCUT2D eigenvalue weighted by atomic mass is 9.86. The monoisotopic (exact) mass is 315 g/mol. The molecule has 2 unspecified atom stereocenters. The molecule has 0 bridgehead atoms. The van der Waals surface area contributed by atoms with Crippen LogP contribution >= 0.6 is 0 Å². The van der Waals surface area contributed by atoms with Gasteiger partial charge in [-0.15, -0.1) is 0 Å². The maximum atomic E-state index is 13.7. The Labute approximate surface area is 136 Å². The molecule has 2 aromatic carbocycles. The van der Waals surface area contributed by atoms with E-state index in [-0.39, 0.29) is 17.8 Å². The smallest absolute Gasteiger partial charge is 0.123 e. The second-order valence-electron chi connectivity index (χ2n) is 5.79. The van der Waals surface area contributed by atoms with E-state index in [4.69, 9.17) is 9.47 Å². The van der Waals surface area contributed by atoms with Gasteiger partial charge < -0.3 is 14.8 Å². The molecule has 4 heteroatoms. The summed E-state index contributed by atoms with van der Waals surface area (Å²) in [6.07, 6.45) is 0.747. The third-order valence-electron chi connectivity index (χ3n) is 4.32. The molecule has 3 rings (SSSR count). The molecule has 1 saturated heterocycles. The van der Waals surface area contributed by atoms with Crippen LogP contribution in [0.15, 0.2) is 48.5 Å². The van der Waals surface area contributed by atoms with Crippen LogP contribution in [0.3, 0.4) is 0 Å². The van der Waals surface area contributed by atoms with E-state index in [0.717, 1.165) is 24.4 Å². The zero-order chi connectivity index (χ0) is 16.1. The van der Waals surface area contributed by atoms with Crippen molar-refractivity contribution < 1.29 is 13.9 Å². The Kier molecular flexibility index (Phi) is 5.26. The van der Waals surface area contributed by atoms with Crippen LogP contribution in [-0.4, -0.2) is 32.9 Å². The summed E-state index contributed by atoms with van der Waals surface area (Å²) < 4.78 is 25.1. The molecule has 0 saturated carbocycles. The van der Waals surface area contributed by atoms with Gasteiger partial charge in [0, 0.05) is 19.0 Å². The molecule has 0 aliphatic carbocycles. The van der Waals surface area contributed by atoms with Gasteiger partial charge in [0.15, 0.2) is 0 Å². The van der Waals surface area contributed by atoms with E-state index in [0.29, 0.717) is 13.0 Å². The van der Waals surface area contributed by atoms with Gasteiger partial charge in [-0.25, -0.2) is 4.39 Å². The lowest BCUT2D eigenvalue weighted by Gasteiger charge is -2.32. The molecule has 1 aliphatic rings. The van der Waals surface area contributed by atoms with Crippen LogP contribution in [0, 0.1) is 5.82 Å². The maximum Gasteiger partial charge on any atom is 0.123 e. The van der Waals surface area contributed by atoms with Crippen LogP contribution in [0.25, 0.3) is 0 Å². The van der Waals surface area contributed by atoms with Gasteiger partial charge in [-0.05, 0) is 35.7 Å². The van der Waals surface area contributed by atoms with Crippen molar-refractivity contribution in [1.82, 2.24) is 5.32 Å². The fourth-order valence-electron chi connectivity index (χ4n) is 3.15. The molecule has 122 valence electrons. The molecular formula is C19H22FNO2. The number of halogens is 1. The first-order valence-electron chi connectivity index (χ1n) is 7.97. The van der Waals surface area contributed by atoms with Gasteiger partial charge in [0.1, 0.15) is 11.6 Å². The highest BCUT2D eigenvalue weighted by atomic mass is 19.1. The minimum Gasteiger partial charge on any atom is -0.496 e. The minimum absolute atomic E-state index is 0.0686. The highest BCUT2D eigenvalue weighted by Gasteiger charge is 2.27. The molecule has 2 atom stereocenters. The molecule has 1 fully saturated rings. The summed E-state index contributed by atoms with van der Waals surface area (Å²) in [6, 6.07) is 14.9.